The number of hydrogen-bond acceptors (Lipinski definition) is 8. The first-order valence-electron chi connectivity index (χ1n) is 13.4. The van der Waals surface area contributed by atoms with Crippen molar-refractivity contribution in [2.24, 2.45) is 0 Å². The average molecular weight is 543 g/mol. The summed E-state index contributed by atoms with van der Waals surface area (Å²) in [4.78, 5) is 17.0. The van der Waals surface area contributed by atoms with Crippen molar-refractivity contribution in [3.8, 4) is 5.88 Å². The normalized spacial score (nSPS) is 30.0. The lowest BCUT2D eigenvalue weighted by atomic mass is 9.91. The molecule has 206 valence electrons. The second-order valence-electron chi connectivity index (χ2n) is 11.3. The molecule has 0 amide bonds. The molecule has 1 aromatic rings. The van der Waals surface area contributed by atoms with Crippen LogP contribution in [0.2, 0.25) is 22.2 Å². The second-order valence-corrected chi connectivity index (χ2v) is 20.1. The van der Waals surface area contributed by atoms with E-state index >= 15 is 0 Å². The van der Waals surface area contributed by atoms with Gasteiger partial charge in [0.05, 0.1) is 13.2 Å². The summed E-state index contributed by atoms with van der Waals surface area (Å²) in [6, 6.07) is 1.61. The van der Waals surface area contributed by atoms with E-state index in [0.717, 1.165) is 0 Å². The van der Waals surface area contributed by atoms with Gasteiger partial charge in [-0.25, -0.2) is 4.79 Å². The van der Waals surface area contributed by atoms with Crippen molar-refractivity contribution in [1.29, 1.82) is 0 Å². The Morgan fingerprint density at radius 1 is 1.08 bits per heavy atom. The zero-order valence-electron chi connectivity index (χ0n) is 23.6. The quantitative estimate of drug-likeness (QED) is 0.474. The number of aliphatic hydroxyl groups is 1. The highest BCUT2D eigenvalue weighted by Crippen LogP contribution is 2.51. The molecule has 2 fully saturated rings. The summed E-state index contributed by atoms with van der Waals surface area (Å²) in [6.07, 6.45) is -0.366. The predicted octanol–water partition coefficient (Wildman–Crippen LogP) is 4.64. The van der Waals surface area contributed by atoms with Gasteiger partial charge in [-0.2, -0.15) is 4.98 Å². The van der Waals surface area contributed by atoms with Crippen LogP contribution >= 0.6 is 0 Å². The largest absolute Gasteiger partial charge is 0.478 e. The van der Waals surface area contributed by atoms with E-state index in [2.05, 4.69) is 60.4 Å². The van der Waals surface area contributed by atoms with Crippen LogP contribution < -0.4 is 10.4 Å². The molecule has 3 rings (SSSR count). The molecule has 3 heterocycles. The summed E-state index contributed by atoms with van der Waals surface area (Å²) in [5.74, 6) is 0.242. The van der Waals surface area contributed by atoms with Gasteiger partial charge < -0.3 is 27.5 Å². The smallest absolute Gasteiger partial charge is 0.353 e. The Morgan fingerprint density at radius 3 is 2.14 bits per heavy atom. The molecule has 2 aliphatic rings. The average Bonchev–Trinajstić information content (AvgIpc) is 3.04. The molecule has 4 atom stereocenters. The highest BCUT2D eigenvalue weighted by atomic mass is 28.5. The van der Waals surface area contributed by atoms with Gasteiger partial charge in [0.1, 0.15) is 17.8 Å². The second kappa shape index (κ2) is 11.0. The Morgan fingerprint density at radius 2 is 1.67 bits per heavy atom. The van der Waals surface area contributed by atoms with Gasteiger partial charge in [-0.05, 0) is 35.5 Å². The Labute approximate surface area is 218 Å². The first kappa shape index (κ1) is 29.5. The number of ether oxygens (including phenoxy) is 2. The predicted molar refractivity (Wildman–Crippen MR) is 143 cm³/mol. The minimum Gasteiger partial charge on any atom is -0.478 e. The van der Waals surface area contributed by atoms with Crippen molar-refractivity contribution in [3.05, 3.63) is 22.7 Å². The van der Waals surface area contributed by atoms with Crippen LogP contribution in [0.3, 0.4) is 0 Å². The lowest BCUT2D eigenvalue weighted by molar-refractivity contribution is -0.111. The van der Waals surface area contributed by atoms with Gasteiger partial charge in [0.15, 0.2) is 6.23 Å². The fraction of sp³-hybridized carbons (Fsp3) is 0.840. The zero-order chi connectivity index (χ0) is 27.1. The summed E-state index contributed by atoms with van der Waals surface area (Å²) in [5.41, 5.74) is -1.41. The molecule has 2 aliphatic heterocycles. The van der Waals surface area contributed by atoms with Crippen LogP contribution in [0.15, 0.2) is 17.1 Å². The third-order valence-corrected chi connectivity index (χ3v) is 18.0. The topological polar surface area (TPSA) is 101 Å². The molecule has 0 radical (unpaired) electrons. The molecule has 0 aliphatic carbocycles. The van der Waals surface area contributed by atoms with Gasteiger partial charge in [-0.15, -0.1) is 0 Å². The van der Waals surface area contributed by atoms with Gasteiger partial charge in [0, 0.05) is 12.3 Å². The highest BCUT2D eigenvalue weighted by Gasteiger charge is 2.65. The first-order valence-corrected chi connectivity index (χ1v) is 17.3. The Hall–Kier alpha value is -1.09. The van der Waals surface area contributed by atoms with Gasteiger partial charge in [0.25, 0.3) is 0 Å². The van der Waals surface area contributed by atoms with E-state index in [4.69, 9.17) is 22.4 Å². The summed E-state index contributed by atoms with van der Waals surface area (Å²) >= 11 is 0. The maximum absolute atomic E-state index is 13.0. The van der Waals surface area contributed by atoms with Crippen LogP contribution in [0.5, 0.6) is 5.88 Å². The van der Waals surface area contributed by atoms with Crippen molar-refractivity contribution < 1.29 is 27.5 Å². The van der Waals surface area contributed by atoms with Gasteiger partial charge in [-0.1, -0.05) is 62.3 Å². The van der Waals surface area contributed by atoms with Crippen LogP contribution in [0.25, 0.3) is 0 Å². The summed E-state index contributed by atoms with van der Waals surface area (Å²) in [6.45, 7) is 21.6. The van der Waals surface area contributed by atoms with Crippen molar-refractivity contribution in [3.63, 3.8) is 0 Å². The molecule has 9 nitrogen and oxygen atoms in total. The molecule has 2 saturated heterocycles. The summed E-state index contributed by atoms with van der Waals surface area (Å²) in [5, 5.41) is 12.1. The number of hydrogen-bond donors (Lipinski definition) is 1. The molecule has 11 heteroatoms. The first-order chi connectivity index (χ1) is 16.8. The fourth-order valence-electron chi connectivity index (χ4n) is 5.73. The highest BCUT2D eigenvalue weighted by molar-refractivity contribution is 6.84. The molecule has 1 aromatic heterocycles. The van der Waals surface area contributed by atoms with E-state index in [1.165, 1.54) is 4.57 Å². The van der Waals surface area contributed by atoms with Gasteiger partial charge >= 0.3 is 22.8 Å². The lowest BCUT2D eigenvalue weighted by Crippen LogP contribution is -2.67. The van der Waals surface area contributed by atoms with E-state index in [1.54, 1.807) is 12.3 Å². The Kier molecular flexibility index (Phi) is 8.97. The Bertz CT molecular complexity index is 939. The molecule has 0 spiro atoms. The fourth-order valence-corrected chi connectivity index (χ4v) is 17.0. The van der Waals surface area contributed by atoms with E-state index in [-0.39, 0.29) is 34.7 Å². The van der Waals surface area contributed by atoms with Crippen molar-refractivity contribution in [2.75, 3.05) is 13.2 Å². The third kappa shape index (κ3) is 4.88. The molecule has 0 unspecified atom stereocenters. The molecular weight excluding hydrogens is 496 g/mol. The van der Waals surface area contributed by atoms with E-state index in [1.807, 2.05) is 13.8 Å². The molecule has 0 saturated carbocycles. The molecule has 0 aromatic carbocycles. The van der Waals surface area contributed by atoms with Crippen LogP contribution in [-0.2, 0) is 17.7 Å². The van der Waals surface area contributed by atoms with Crippen LogP contribution in [0, 0.1) is 0 Å². The van der Waals surface area contributed by atoms with Gasteiger partial charge in [-0.3, -0.25) is 4.57 Å². The third-order valence-electron chi connectivity index (χ3n) is 7.80. The summed E-state index contributed by atoms with van der Waals surface area (Å²) < 4.78 is 34.3. The minimum absolute atomic E-state index is 0.110. The van der Waals surface area contributed by atoms with E-state index in [9.17, 15) is 9.90 Å². The number of fused-ring (bicyclic) bond motifs is 1. The van der Waals surface area contributed by atoms with Crippen molar-refractivity contribution in [2.45, 2.75) is 122 Å². The monoisotopic (exact) mass is 542 g/mol. The maximum Gasteiger partial charge on any atom is 0.353 e. The SMILES string of the molecule is CCOc1ccn([C@@H]2O[C@@H]3CO[Si](C(C)C)(C(C)C)O[Si](C(C)C)(C(C)C)O[C@H]3[C@@]2(O)CC)c(=O)n1. The number of rotatable bonds is 8. The summed E-state index contributed by atoms with van der Waals surface area (Å²) in [7, 11) is -5.71. The number of aromatic nitrogens is 2. The molecule has 1 N–H and O–H groups in total. The molecule has 36 heavy (non-hydrogen) atoms. The maximum atomic E-state index is 13.0. The van der Waals surface area contributed by atoms with E-state index < -0.39 is 46.8 Å². The van der Waals surface area contributed by atoms with E-state index in [0.29, 0.717) is 13.0 Å². The van der Waals surface area contributed by atoms with Crippen LogP contribution in [0.4, 0.5) is 0 Å². The van der Waals surface area contributed by atoms with Gasteiger partial charge in [0.2, 0.25) is 5.88 Å². The lowest BCUT2D eigenvalue weighted by Gasteiger charge is -2.52. The standard InChI is InChI=1S/C25H46N2O7Si2/c1-11-25(29)22-20(32-23(25)27-14-13-21(30-12-2)26-24(27)28)15-31-35(16(3)4,17(5)6)34-36(33-22,18(7)8)19(9)10/h13-14,16-20,22-23,29H,11-12,15H2,1-10H3/t20-,22-,23-,25+/m1/s1. The van der Waals surface area contributed by atoms with Crippen LogP contribution in [-0.4, -0.2) is 62.8 Å². The van der Waals surface area contributed by atoms with Crippen molar-refractivity contribution >= 4 is 17.1 Å². The molecular formula is C25H46N2O7Si2. The Balaban J connectivity index is 2.14. The van der Waals surface area contributed by atoms with Crippen molar-refractivity contribution in [1.82, 2.24) is 9.55 Å². The number of nitrogens with zero attached hydrogens (tertiary/aromatic N) is 2. The minimum atomic E-state index is -2.96. The zero-order valence-corrected chi connectivity index (χ0v) is 25.6. The van der Waals surface area contributed by atoms with Crippen LogP contribution in [0.1, 0.15) is 81.9 Å². The molecule has 0 bridgehead atoms.